The fraction of sp³-hybridized carbons (Fsp3) is 0.545. The van der Waals surface area contributed by atoms with Gasteiger partial charge in [-0.2, -0.15) is 0 Å². The van der Waals surface area contributed by atoms with Crippen molar-refractivity contribution in [2.75, 3.05) is 6.61 Å². The summed E-state index contributed by atoms with van der Waals surface area (Å²) in [6.45, 7) is 7.25. The van der Waals surface area contributed by atoms with Crippen molar-refractivity contribution in [2.24, 2.45) is 5.92 Å². The van der Waals surface area contributed by atoms with E-state index < -0.39 is 6.09 Å². The van der Waals surface area contributed by atoms with Gasteiger partial charge in [0.2, 0.25) is 5.88 Å². The van der Waals surface area contributed by atoms with Gasteiger partial charge < -0.3 is 14.8 Å². The number of hydrogen-bond acceptors (Lipinski definition) is 4. The van der Waals surface area contributed by atoms with Gasteiger partial charge in [0.05, 0.1) is 13.2 Å². The van der Waals surface area contributed by atoms with Crippen LogP contribution < -0.4 is 14.8 Å². The number of benzene rings is 1. The van der Waals surface area contributed by atoms with Crippen LogP contribution in [0.5, 0.6) is 11.6 Å². The standard InChI is InChI=1S/C22H30ClN3O3/c1-15(2)14-28-20-10-9-18(23)12-17(20)13-26-16(3)11-21(25-26)29-22(27)24-19-7-5-4-6-8-19/h9-12,15,19H,4-8,13-14H2,1-3H3,(H,24,27). The van der Waals surface area contributed by atoms with E-state index in [0.717, 1.165) is 42.7 Å². The summed E-state index contributed by atoms with van der Waals surface area (Å²) in [5.41, 5.74) is 1.82. The van der Waals surface area contributed by atoms with Crippen LogP contribution in [0.25, 0.3) is 0 Å². The lowest BCUT2D eigenvalue weighted by atomic mass is 9.96. The number of nitrogens with one attached hydrogen (secondary N) is 1. The van der Waals surface area contributed by atoms with E-state index in [0.29, 0.717) is 30.0 Å². The van der Waals surface area contributed by atoms with Gasteiger partial charge in [0, 0.05) is 28.4 Å². The molecule has 0 unspecified atom stereocenters. The van der Waals surface area contributed by atoms with Gasteiger partial charge in [0.15, 0.2) is 0 Å². The van der Waals surface area contributed by atoms with Gasteiger partial charge in [-0.1, -0.05) is 44.7 Å². The maximum Gasteiger partial charge on any atom is 0.414 e. The lowest BCUT2D eigenvalue weighted by Gasteiger charge is -2.21. The molecule has 1 aromatic heterocycles. The topological polar surface area (TPSA) is 65.4 Å². The maximum absolute atomic E-state index is 12.2. The number of amides is 1. The fourth-order valence-corrected chi connectivity index (χ4v) is 3.65. The van der Waals surface area contributed by atoms with Crippen molar-refractivity contribution in [1.82, 2.24) is 15.1 Å². The molecule has 1 fully saturated rings. The second-order valence-electron chi connectivity index (χ2n) is 8.11. The van der Waals surface area contributed by atoms with E-state index in [4.69, 9.17) is 21.1 Å². The first kappa shape index (κ1) is 21.5. The minimum absolute atomic E-state index is 0.201. The van der Waals surface area contributed by atoms with Crippen LogP contribution in [0, 0.1) is 12.8 Å². The van der Waals surface area contributed by atoms with Crippen molar-refractivity contribution >= 4 is 17.7 Å². The van der Waals surface area contributed by atoms with Crippen LogP contribution in [0.3, 0.4) is 0 Å². The lowest BCUT2D eigenvalue weighted by molar-refractivity contribution is 0.189. The highest BCUT2D eigenvalue weighted by Gasteiger charge is 2.18. The van der Waals surface area contributed by atoms with Crippen LogP contribution in [0.15, 0.2) is 24.3 Å². The first-order valence-corrected chi connectivity index (χ1v) is 10.7. The van der Waals surface area contributed by atoms with E-state index >= 15 is 0 Å². The van der Waals surface area contributed by atoms with Crippen molar-refractivity contribution in [1.29, 1.82) is 0 Å². The van der Waals surface area contributed by atoms with E-state index in [2.05, 4.69) is 24.3 Å². The molecule has 0 aliphatic heterocycles. The number of nitrogens with zero attached hydrogens (tertiary/aromatic N) is 2. The molecule has 3 rings (SSSR count). The highest BCUT2D eigenvalue weighted by molar-refractivity contribution is 6.30. The molecule has 158 valence electrons. The normalized spacial score (nSPS) is 14.8. The second-order valence-corrected chi connectivity index (χ2v) is 8.54. The zero-order valence-electron chi connectivity index (χ0n) is 17.4. The molecule has 0 atom stereocenters. The molecule has 0 spiro atoms. The molecule has 7 heteroatoms. The lowest BCUT2D eigenvalue weighted by Crippen LogP contribution is -2.38. The third-order valence-electron chi connectivity index (χ3n) is 5.00. The van der Waals surface area contributed by atoms with Gasteiger partial charge in [0.1, 0.15) is 5.75 Å². The van der Waals surface area contributed by atoms with Crippen LogP contribution in [0.4, 0.5) is 4.79 Å². The Bertz CT molecular complexity index is 829. The summed E-state index contributed by atoms with van der Waals surface area (Å²) < 4.78 is 13.1. The molecule has 1 saturated carbocycles. The van der Waals surface area contributed by atoms with Crippen molar-refractivity contribution in [2.45, 2.75) is 65.5 Å². The average Bonchev–Trinajstić information content (AvgIpc) is 3.00. The molecule has 29 heavy (non-hydrogen) atoms. The molecule has 1 N–H and O–H groups in total. The van der Waals surface area contributed by atoms with Gasteiger partial charge in [-0.3, -0.25) is 4.68 Å². The molecular formula is C22H30ClN3O3. The Labute approximate surface area is 177 Å². The van der Waals surface area contributed by atoms with Crippen molar-refractivity contribution < 1.29 is 14.3 Å². The molecule has 0 saturated heterocycles. The van der Waals surface area contributed by atoms with Crippen molar-refractivity contribution in [3.05, 3.63) is 40.5 Å². The summed E-state index contributed by atoms with van der Waals surface area (Å²) in [7, 11) is 0. The summed E-state index contributed by atoms with van der Waals surface area (Å²) in [5, 5.41) is 8.02. The number of hydrogen-bond donors (Lipinski definition) is 1. The Hall–Kier alpha value is -2.21. The molecule has 1 aliphatic rings. The Morgan fingerprint density at radius 2 is 2.03 bits per heavy atom. The smallest absolute Gasteiger partial charge is 0.414 e. The predicted octanol–water partition coefficient (Wildman–Crippen LogP) is 5.35. The minimum atomic E-state index is -0.440. The monoisotopic (exact) mass is 419 g/mol. The molecule has 0 radical (unpaired) electrons. The van der Waals surface area contributed by atoms with Gasteiger partial charge >= 0.3 is 6.09 Å². The molecule has 0 bridgehead atoms. The quantitative estimate of drug-likeness (QED) is 0.657. The van der Waals surface area contributed by atoms with Crippen molar-refractivity contribution in [3.8, 4) is 11.6 Å². The minimum Gasteiger partial charge on any atom is -0.493 e. The molecule has 1 amide bonds. The Morgan fingerprint density at radius 1 is 1.28 bits per heavy atom. The SMILES string of the molecule is Cc1cc(OC(=O)NC2CCCCC2)nn1Cc1cc(Cl)ccc1OCC(C)C. The largest absolute Gasteiger partial charge is 0.493 e. The van der Waals surface area contributed by atoms with E-state index in [9.17, 15) is 4.79 Å². The van der Waals surface area contributed by atoms with E-state index in [1.165, 1.54) is 6.42 Å². The Morgan fingerprint density at radius 3 is 2.76 bits per heavy atom. The van der Waals surface area contributed by atoms with Gasteiger partial charge in [-0.25, -0.2) is 4.79 Å². The van der Waals surface area contributed by atoms with E-state index in [1.54, 1.807) is 10.7 Å². The molecule has 1 heterocycles. The fourth-order valence-electron chi connectivity index (χ4n) is 3.46. The first-order valence-electron chi connectivity index (χ1n) is 10.3. The number of carbonyl (C=O) groups excluding carboxylic acids is 1. The number of rotatable bonds is 7. The van der Waals surface area contributed by atoms with Crippen LogP contribution in [-0.4, -0.2) is 28.5 Å². The number of halogens is 1. The van der Waals surface area contributed by atoms with Crippen molar-refractivity contribution in [3.63, 3.8) is 0 Å². The predicted molar refractivity (Wildman–Crippen MR) is 114 cm³/mol. The summed E-state index contributed by atoms with van der Waals surface area (Å²) in [6, 6.07) is 7.55. The maximum atomic E-state index is 12.2. The Balaban J connectivity index is 1.65. The summed E-state index contributed by atoms with van der Waals surface area (Å²) in [4.78, 5) is 12.2. The zero-order valence-corrected chi connectivity index (χ0v) is 18.2. The molecule has 1 aromatic carbocycles. The number of ether oxygens (including phenoxy) is 2. The number of aromatic nitrogens is 2. The van der Waals surface area contributed by atoms with Crippen LogP contribution in [0.1, 0.15) is 57.2 Å². The van der Waals surface area contributed by atoms with Gasteiger partial charge in [-0.05, 0) is 43.9 Å². The summed E-state index contributed by atoms with van der Waals surface area (Å²) in [5.74, 6) is 1.51. The molecule has 2 aromatic rings. The number of carbonyl (C=O) groups is 1. The second kappa shape index (κ2) is 10.0. The number of aryl methyl sites for hydroxylation is 1. The molecular weight excluding hydrogens is 390 g/mol. The van der Waals surface area contributed by atoms with E-state index in [1.807, 2.05) is 25.1 Å². The third kappa shape index (κ3) is 6.39. The molecule has 1 aliphatic carbocycles. The molecule has 6 nitrogen and oxygen atoms in total. The van der Waals surface area contributed by atoms with Gasteiger partial charge in [-0.15, -0.1) is 5.10 Å². The zero-order chi connectivity index (χ0) is 20.8. The Kier molecular flexibility index (Phi) is 7.42. The first-order chi connectivity index (χ1) is 13.9. The highest BCUT2D eigenvalue weighted by atomic mass is 35.5. The summed E-state index contributed by atoms with van der Waals surface area (Å²) >= 11 is 6.19. The average molecular weight is 420 g/mol. The van der Waals surface area contributed by atoms with Gasteiger partial charge in [0.25, 0.3) is 0 Å². The summed E-state index contributed by atoms with van der Waals surface area (Å²) in [6.07, 6.45) is 5.13. The highest BCUT2D eigenvalue weighted by Crippen LogP contribution is 2.25. The van der Waals surface area contributed by atoms with E-state index in [-0.39, 0.29) is 6.04 Å². The third-order valence-corrected chi connectivity index (χ3v) is 5.23. The van der Waals surface area contributed by atoms with Crippen LogP contribution in [0.2, 0.25) is 5.02 Å². The van der Waals surface area contributed by atoms with Crippen LogP contribution in [-0.2, 0) is 6.54 Å². The van der Waals surface area contributed by atoms with Crippen LogP contribution >= 0.6 is 11.6 Å².